The van der Waals surface area contributed by atoms with E-state index < -0.39 is 41.5 Å². The van der Waals surface area contributed by atoms with Crippen molar-refractivity contribution in [1.82, 2.24) is 0 Å². The zero-order chi connectivity index (χ0) is 15.8. The average Bonchev–Trinajstić information content (AvgIpc) is 2.27. The van der Waals surface area contributed by atoms with Crippen LogP contribution in [0.15, 0.2) is 24.3 Å². The fraction of sp³-hybridized carbons (Fsp3) is 0.364. The minimum Gasteiger partial charge on any atom is -0.477 e. The fourth-order valence-electron chi connectivity index (χ4n) is 1.37. The van der Waals surface area contributed by atoms with Gasteiger partial charge in [-0.05, 0) is 11.6 Å². The second kappa shape index (κ2) is 4.95. The molecule has 0 radical (unpaired) electrons. The van der Waals surface area contributed by atoms with Crippen LogP contribution in [0, 0.1) is 0 Å². The van der Waals surface area contributed by atoms with Crippen molar-refractivity contribution >= 4 is 5.97 Å². The molecule has 0 bridgehead atoms. The maximum absolute atomic E-state index is 13.0. The highest BCUT2D eigenvalue weighted by Crippen LogP contribution is 2.44. The maximum Gasteiger partial charge on any atom is 0.458 e. The smallest absolute Gasteiger partial charge is 0.458 e. The third-order valence-electron chi connectivity index (χ3n) is 2.38. The Kier molecular flexibility index (Phi) is 4.02. The summed E-state index contributed by atoms with van der Waals surface area (Å²) in [5.41, 5.74) is -2.16. The Hall–Kier alpha value is -1.80. The predicted molar refractivity (Wildman–Crippen MR) is 52.7 cm³/mol. The van der Waals surface area contributed by atoms with Crippen LogP contribution in [-0.4, -0.2) is 23.2 Å². The summed E-state index contributed by atoms with van der Waals surface area (Å²) in [6.45, 7) is 0. The molecule has 1 rings (SSSR count). The third-order valence-corrected chi connectivity index (χ3v) is 2.38. The van der Waals surface area contributed by atoms with Gasteiger partial charge in [0.2, 0.25) is 0 Å². The van der Waals surface area contributed by atoms with Crippen molar-refractivity contribution in [2.24, 2.45) is 0 Å². The quantitative estimate of drug-likeness (QED) is 0.863. The highest BCUT2D eigenvalue weighted by Gasteiger charge is 2.58. The zero-order valence-corrected chi connectivity index (χ0v) is 9.52. The van der Waals surface area contributed by atoms with Crippen LogP contribution < -0.4 is 0 Å². The lowest BCUT2D eigenvalue weighted by Crippen LogP contribution is -2.34. The molecule has 0 aliphatic rings. The highest BCUT2D eigenvalue weighted by atomic mass is 19.4. The third kappa shape index (κ3) is 3.20. The highest BCUT2D eigenvalue weighted by molar-refractivity contribution is 5.75. The van der Waals surface area contributed by atoms with Crippen LogP contribution in [-0.2, 0) is 17.1 Å². The van der Waals surface area contributed by atoms with E-state index in [0.29, 0.717) is 6.07 Å². The first kappa shape index (κ1) is 16.3. The summed E-state index contributed by atoms with van der Waals surface area (Å²) in [6, 6.07) is 2.20. The second-order valence-corrected chi connectivity index (χ2v) is 3.96. The molecule has 0 aromatic heterocycles. The summed E-state index contributed by atoms with van der Waals surface area (Å²) in [5.74, 6) is -12.0. The number of halogens is 7. The van der Waals surface area contributed by atoms with Gasteiger partial charge in [-0.2, -0.15) is 30.7 Å². The van der Waals surface area contributed by atoms with E-state index in [1.807, 2.05) is 0 Å². The molecule has 0 saturated carbocycles. The van der Waals surface area contributed by atoms with Crippen LogP contribution >= 0.6 is 0 Å². The number of aliphatic carboxylic acids is 1. The van der Waals surface area contributed by atoms with Crippen LogP contribution in [0.1, 0.15) is 11.1 Å². The van der Waals surface area contributed by atoms with Crippen molar-refractivity contribution in [2.45, 2.75) is 24.4 Å². The van der Waals surface area contributed by atoms with Crippen LogP contribution in [0.25, 0.3) is 0 Å². The molecule has 1 aromatic carbocycles. The molecular weight excluding hydrogens is 297 g/mol. The number of carbonyl (C=O) groups is 1. The van der Waals surface area contributed by atoms with E-state index in [9.17, 15) is 35.5 Å². The van der Waals surface area contributed by atoms with Gasteiger partial charge in [0.1, 0.15) is 0 Å². The van der Waals surface area contributed by atoms with Gasteiger partial charge in [0.05, 0.1) is 0 Å². The molecule has 0 atom stereocenters. The van der Waals surface area contributed by atoms with Gasteiger partial charge < -0.3 is 5.11 Å². The lowest BCUT2D eigenvalue weighted by atomic mass is 10.0. The van der Waals surface area contributed by atoms with Crippen molar-refractivity contribution in [1.29, 1.82) is 0 Å². The SMILES string of the molecule is O=C(O)C(F)(F)Cc1cccc(C(F)(F)C(F)(F)F)c1. The van der Waals surface area contributed by atoms with Crippen LogP contribution in [0.5, 0.6) is 0 Å². The Morgan fingerprint density at radius 2 is 1.60 bits per heavy atom. The monoisotopic (exact) mass is 304 g/mol. The average molecular weight is 304 g/mol. The first-order valence-electron chi connectivity index (χ1n) is 5.03. The number of carboxylic acids is 1. The summed E-state index contributed by atoms with van der Waals surface area (Å²) in [5, 5.41) is 8.18. The molecule has 0 unspecified atom stereocenters. The second-order valence-electron chi connectivity index (χ2n) is 3.96. The Balaban J connectivity index is 3.13. The minimum atomic E-state index is -5.87. The number of rotatable bonds is 4. The summed E-state index contributed by atoms with van der Waals surface area (Å²) in [6.07, 6.45) is -7.36. The molecule has 112 valence electrons. The van der Waals surface area contributed by atoms with Gasteiger partial charge in [0.25, 0.3) is 0 Å². The molecule has 20 heavy (non-hydrogen) atoms. The maximum atomic E-state index is 13.0. The number of alkyl halides is 7. The zero-order valence-electron chi connectivity index (χ0n) is 9.52. The van der Waals surface area contributed by atoms with Crippen LogP contribution in [0.4, 0.5) is 30.7 Å². The topological polar surface area (TPSA) is 37.3 Å². The largest absolute Gasteiger partial charge is 0.477 e. The molecule has 0 aliphatic heterocycles. The molecule has 1 aromatic rings. The Morgan fingerprint density at radius 3 is 2.05 bits per heavy atom. The van der Waals surface area contributed by atoms with E-state index in [-0.39, 0.29) is 6.07 Å². The summed E-state index contributed by atoms with van der Waals surface area (Å²) < 4.78 is 88.2. The van der Waals surface area contributed by atoms with E-state index >= 15 is 0 Å². The standard InChI is InChI=1S/C11H7F7O2/c12-9(13,8(19)20)5-6-2-1-3-7(4-6)10(14,15)11(16,17)18/h1-4H,5H2,(H,19,20). The van der Waals surface area contributed by atoms with Gasteiger partial charge in [-0.15, -0.1) is 0 Å². The van der Waals surface area contributed by atoms with Gasteiger partial charge in [0, 0.05) is 12.0 Å². The minimum absolute atomic E-state index is 0.213. The van der Waals surface area contributed by atoms with Crippen LogP contribution in [0.2, 0.25) is 0 Å². The van der Waals surface area contributed by atoms with Gasteiger partial charge >= 0.3 is 24.0 Å². The fourth-order valence-corrected chi connectivity index (χ4v) is 1.37. The summed E-state index contributed by atoms with van der Waals surface area (Å²) >= 11 is 0. The van der Waals surface area contributed by atoms with Gasteiger partial charge in [-0.25, -0.2) is 4.79 Å². The van der Waals surface area contributed by atoms with E-state index in [4.69, 9.17) is 5.11 Å². The Morgan fingerprint density at radius 1 is 1.05 bits per heavy atom. The van der Waals surface area contributed by atoms with E-state index in [1.165, 1.54) is 0 Å². The van der Waals surface area contributed by atoms with Gasteiger partial charge in [-0.1, -0.05) is 18.2 Å². The van der Waals surface area contributed by atoms with Crippen molar-refractivity contribution in [2.75, 3.05) is 0 Å². The van der Waals surface area contributed by atoms with E-state index in [2.05, 4.69) is 0 Å². The number of benzene rings is 1. The number of hydrogen-bond acceptors (Lipinski definition) is 1. The molecule has 0 spiro atoms. The van der Waals surface area contributed by atoms with Gasteiger partial charge in [0.15, 0.2) is 0 Å². The molecule has 0 aliphatic carbocycles. The van der Waals surface area contributed by atoms with Gasteiger partial charge in [-0.3, -0.25) is 0 Å². The normalized spacial score (nSPS) is 13.3. The molecule has 9 heteroatoms. The predicted octanol–water partition coefficient (Wildman–Crippen LogP) is 3.60. The molecule has 0 heterocycles. The van der Waals surface area contributed by atoms with Crippen molar-refractivity contribution in [3.63, 3.8) is 0 Å². The number of hydrogen-bond donors (Lipinski definition) is 1. The molecule has 0 amide bonds. The van der Waals surface area contributed by atoms with E-state index in [0.717, 1.165) is 12.1 Å². The van der Waals surface area contributed by atoms with Crippen molar-refractivity contribution in [3.05, 3.63) is 35.4 Å². The molecular formula is C11H7F7O2. The molecule has 0 fully saturated rings. The molecule has 0 saturated heterocycles. The molecule has 1 N–H and O–H groups in total. The van der Waals surface area contributed by atoms with Crippen molar-refractivity contribution < 1.29 is 40.6 Å². The van der Waals surface area contributed by atoms with E-state index in [1.54, 1.807) is 0 Å². The Labute approximate surface area is 107 Å². The summed E-state index contributed by atoms with van der Waals surface area (Å²) in [7, 11) is 0. The first-order chi connectivity index (χ1) is 8.88. The molecule has 2 nitrogen and oxygen atoms in total. The lowest BCUT2D eigenvalue weighted by molar-refractivity contribution is -0.289. The lowest BCUT2D eigenvalue weighted by Gasteiger charge is -2.20. The summed E-state index contributed by atoms with van der Waals surface area (Å²) in [4.78, 5) is 10.2. The Bertz CT molecular complexity index is 508. The number of carboxylic acid groups (broad SMARTS) is 1. The van der Waals surface area contributed by atoms with Crippen LogP contribution in [0.3, 0.4) is 0 Å². The van der Waals surface area contributed by atoms with Crippen molar-refractivity contribution in [3.8, 4) is 0 Å². The first-order valence-corrected chi connectivity index (χ1v) is 5.03.